The number of anilines is 1. The Labute approximate surface area is 114 Å². The molecule has 19 heavy (non-hydrogen) atoms. The number of nitro benzene ring substituents is 1. The zero-order chi connectivity index (χ0) is 13.9. The van der Waals surface area contributed by atoms with Gasteiger partial charge in [-0.15, -0.1) is 0 Å². The highest BCUT2D eigenvalue weighted by Crippen LogP contribution is 2.36. The molecule has 1 aliphatic carbocycles. The Hall–Kier alpha value is -1.58. The number of nitrogens with one attached hydrogen (secondary N) is 1. The summed E-state index contributed by atoms with van der Waals surface area (Å²) in [7, 11) is 0. The van der Waals surface area contributed by atoms with E-state index < -0.39 is 0 Å². The smallest absolute Gasteiger partial charge is 0.271 e. The molecule has 0 heterocycles. The van der Waals surface area contributed by atoms with Crippen molar-refractivity contribution in [3.05, 3.63) is 33.9 Å². The lowest BCUT2D eigenvalue weighted by molar-refractivity contribution is -0.384. The molecule has 1 aromatic rings. The minimum Gasteiger partial charge on any atom is -0.384 e. The van der Waals surface area contributed by atoms with E-state index in [1.54, 1.807) is 12.1 Å². The van der Waals surface area contributed by atoms with Crippen LogP contribution in [0.3, 0.4) is 0 Å². The van der Waals surface area contributed by atoms with Gasteiger partial charge in [0.25, 0.3) is 5.69 Å². The SMILES string of the molecule is Cc1ccc([N+](=O)[O-])cc1NCC1(C)CCCCC1. The first-order chi connectivity index (χ1) is 9.00. The van der Waals surface area contributed by atoms with Crippen molar-refractivity contribution < 1.29 is 4.92 Å². The van der Waals surface area contributed by atoms with E-state index in [-0.39, 0.29) is 10.6 Å². The predicted octanol–water partition coefficient (Wildman–Crippen LogP) is 4.29. The van der Waals surface area contributed by atoms with Gasteiger partial charge < -0.3 is 5.32 Å². The van der Waals surface area contributed by atoms with Crippen LogP contribution in [-0.2, 0) is 0 Å². The molecule has 0 aromatic heterocycles. The zero-order valence-electron chi connectivity index (χ0n) is 11.7. The Morgan fingerprint density at radius 1 is 1.32 bits per heavy atom. The summed E-state index contributed by atoms with van der Waals surface area (Å²) < 4.78 is 0. The minimum atomic E-state index is -0.340. The molecular formula is C15H22N2O2. The molecule has 0 bridgehead atoms. The molecule has 4 nitrogen and oxygen atoms in total. The van der Waals surface area contributed by atoms with Crippen molar-refractivity contribution in [1.29, 1.82) is 0 Å². The number of nitro groups is 1. The van der Waals surface area contributed by atoms with Gasteiger partial charge in [0.2, 0.25) is 0 Å². The number of hydrogen-bond donors (Lipinski definition) is 1. The first kappa shape index (κ1) is 13.8. The van der Waals surface area contributed by atoms with E-state index in [9.17, 15) is 10.1 Å². The highest BCUT2D eigenvalue weighted by Gasteiger charge is 2.26. The third-order valence-corrected chi connectivity index (χ3v) is 4.20. The van der Waals surface area contributed by atoms with Gasteiger partial charge in [0, 0.05) is 24.4 Å². The molecule has 0 radical (unpaired) electrons. The molecule has 0 spiro atoms. The van der Waals surface area contributed by atoms with Gasteiger partial charge in [0.15, 0.2) is 0 Å². The Balaban J connectivity index is 2.06. The predicted molar refractivity (Wildman–Crippen MR) is 77.5 cm³/mol. The van der Waals surface area contributed by atoms with Crippen molar-refractivity contribution in [2.24, 2.45) is 5.41 Å². The maximum atomic E-state index is 10.8. The van der Waals surface area contributed by atoms with Gasteiger partial charge in [-0.1, -0.05) is 32.3 Å². The average Bonchev–Trinajstić information content (AvgIpc) is 2.38. The van der Waals surface area contributed by atoms with Crippen LogP contribution >= 0.6 is 0 Å². The molecule has 1 saturated carbocycles. The van der Waals surface area contributed by atoms with Gasteiger partial charge in [-0.05, 0) is 30.7 Å². The van der Waals surface area contributed by atoms with E-state index in [0.717, 1.165) is 17.8 Å². The Bertz CT molecular complexity index is 465. The summed E-state index contributed by atoms with van der Waals surface area (Å²) in [4.78, 5) is 10.5. The highest BCUT2D eigenvalue weighted by atomic mass is 16.6. The van der Waals surface area contributed by atoms with Crippen LogP contribution < -0.4 is 5.32 Å². The summed E-state index contributed by atoms with van der Waals surface area (Å²) >= 11 is 0. The topological polar surface area (TPSA) is 55.2 Å². The van der Waals surface area contributed by atoms with Crippen LogP contribution in [0.2, 0.25) is 0 Å². The van der Waals surface area contributed by atoms with Crippen molar-refractivity contribution in [3.8, 4) is 0 Å². The van der Waals surface area contributed by atoms with Gasteiger partial charge >= 0.3 is 0 Å². The summed E-state index contributed by atoms with van der Waals surface area (Å²) in [6.45, 7) is 5.19. The molecule has 1 fully saturated rings. The second kappa shape index (κ2) is 5.59. The van der Waals surface area contributed by atoms with Crippen molar-refractivity contribution in [3.63, 3.8) is 0 Å². The molecule has 0 aliphatic heterocycles. The van der Waals surface area contributed by atoms with Crippen LogP contribution in [-0.4, -0.2) is 11.5 Å². The molecule has 4 heteroatoms. The third-order valence-electron chi connectivity index (χ3n) is 4.20. The number of hydrogen-bond acceptors (Lipinski definition) is 3. The summed E-state index contributed by atoms with van der Waals surface area (Å²) in [5, 5.41) is 14.2. The van der Waals surface area contributed by atoms with E-state index in [2.05, 4.69) is 12.2 Å². The lowest BCUT2D eigenvalue weighted by Gasteiger charge is -2.34. The second-order valence-corrected chi connectivity index (χ2v) is 5.98. The Kier molecular flexibility index (Phi) is 4.08. The summed E-state index contributed by atoms with van der Waals surface area (Å²) in [5.74, 6) is 0. The van der Waals surface area contributed by atoms with Gasteiger partial charge in [0.05, 0.1) is 4.92 Å². The molecular weight excluding hydrogens is 240 g/mol. The molecule has 0 atom stereocenters. The monoisotopic (exact) mass is 262 g/mol. The molecule has 104 valence electrons. The van der Waals surface area contributed by atoms with Gasteiger partial charge in [-0.3, -0.25) is 10.1 Å². The van der Waals surface area contributed by atoms with E-state index in [4.69, 9.17) is 0 Å². The highest BCUT2D eigenvalue weighted by molar-refractivity contribution is 5.56. The van der Waals surface area contributed by atoms with Crippen molar-refractivity contribution in [2.75, 3.05) is 11.9 Å². The Morgan fingerprint density at radius 3 is 2.63 bits per heavy atom. The third kappa shape index (κ3) is 3.46. The van der Waals surface area contributed by atoms with E-state index >= 15 is 0 Å². The molecule has 0 saturated heterocycles. The number of rotatable bonds is 4. The average molecular weight is 262 g/mol. The number of nitrogens with zero attached hydrogens (tertiary/aromatic N) is 1. The van der Waals surface area contributed by atoms with Crippen LogP contribution in [0.25, 0.3) is 0 Å². The van der Waals surface area contributed by atoms with Gasteiger partial charge in [-0.25, -0.2) is 0 Å². The first-order valence-electron chi connectivity index (χ1n) is 6.99. The Morgan fingerprint density at radius 2 is 2.00 bits per heavy atom. The lowest BCUT2D eigenvalue weighted by atomic mass is 9.75. The van der Waals surface area contributed by atoms with Crippen LogP contribution in [0.15, 0.2) is 18.2 Å². The fourth-order valence-electron chi connectivity index (χ4n) is 2.80. The normalized spacial score (nSPS) is 18.0. The lowest BCUT2D eigenvalue weighted by Crippen LogP contribution is -2.29. The van der Waals surface area contributed by atoms with Crippen LogP contribution in [0.1, 0.15) is 44.6 Å². The standard InChI is InChI=1S/C15H22N2O2/c1-12-6-7-13(17(18)19)10-14(12)16-11-15(2)8-4-3-5-9-15/h6-7,10,16H,3-5,8-9,11H2,1-2H3. The number of aryl methyl sites for hydroxylation is 1. The first-order valence-corrected chi connectivity index (χ1v) is 6.99. The molecule has 0 amide bonds. The number of benzene rings is 1. The van der Waals surface area contributed by atoms with Gasteiger partial charge in [0.1, 0.15) is 0 Å². The van der Waals surface area contributed by atoms with E-state index in [1.165, 1.54) is 32.1 Å². The largest absolute Gasteiger partial charge is 0.384 e. The summed E-state index contributed by atoms with van der Waals surface area (Å²) in [6.07, 6.45) is 6.42. The van der Waals surface area contributed by atoms with Gasteiger partial charge in [-0.2, -0.15) is 0 Å². The van der Waals surface area contributed by atoms with Crippen LogP contribution in [0.4, 0.5) is 11.4 Å². The summed E-state index contributed by atoms with van der Waals surface area (Å²) in [6, 6.07) is 5.01. The van der Waals surface area contributed by atoms with Crippen molar-refractivity contribution >= 4 is 11.4 Å². The summed E-state index contributed by atoms with van der Waals surface area (Å²) in [5.41, 5.74) is 2.43. The maximum Gasteiger partial charge on any atom is 0.271 e. The quantitative estimate of drug-likeness (QED) is 0.650. The molecule has 1 aliphatic rings. The molecule has 0 unspecified atom stereocenters. The zero-order valence-corrected chi connectivity index (χ0v) is 11.7. The molecule has 1 aromatic carbocycles. The second-order valence-electron chi connectivity index (χ2n) is 5.98. The van der Waals surface area contributed by atoms with E-state index in [0.29, 0.717) is 5.41 Å². The van der Waals surface area contributed by atoms with Crippen molar-refractivity contribution in [2.45, 2.75) is 46.0 Å². The minimum absolute atomic E-state index is 0.155. The molecule has 2 rings (SSSR count). The fourth-order valence-corrected chi connectivity index (χ4v) is 2.80. The van der Waals surface area contributed by atoms with Crippen LogP contribution in [0.5, 0.6) is 0 Å². The van der Waals surface area contributed by atoms with Crippen molar-refractivity contribution in [1.82, 2.24) is 0 Å². The number of non-ortho nitro benzene ring substituents is 1. The van der Waals surface area contributed by atoms with Crippen LogP contribution in [0, 0.1) is 22.5 Å². The molecule has 1 N–H and O–H groups in total. The van der Waals surface area contributed by atoms with E-state index in [1.807, 2.05) is 13.0 Å². The maximum absolute atomic E-state index is 10.8. The fraction of sp³-hybridized carbons (Fsp3) is 0.600.